The minimum Gasteiger partial charge on any atom is -0.369 e. The number of carbonyl (C=O) groups excluding carboxylic acids is 2. The lowest BCUT2D eigenvalue weighted by Gasteiger charge is -2.29. The number of halogens is 3. The van der Waals surface area contributed by atoms with Gasteiger partial charge in [-0.15, -0.1) is 0 Å². The average molecular weight is 282 g/mol. The Morgan fingerprint density at radius 3 is 2.47 bits per heavy atom. The lowest BCUT2D eigenvalue weighted by atomic mass is 9.84. The third-order valence-electron chi connectivity index (χ3n) is 2.98. The van der Waals surface area contributed by atoms with Crippen LogP contribution in [-0.2, 0) is 14.3 Å². The molecule has 0 aliphatic heterocycles. The maximum Gasteiger partial charge on any atom is 0.411 e. The summed E-state index contributed by atoms with van der Waals surface area (Å²) in [6, 6.07) is -0.409. The van der Waals surface area contributed by atoms with Crippen LogP contribution in [0.5, 0.6) is 0 Å². The van der Waals surface area contributed by atoms with Crippen molar-refractivity contribution in [1.82, 2.24) is 5.32 Å². The van der Waals surface area contributed by atoms with Crippen molar-refractivity contribution in [3.8, 4) is 0 Å². The fourth-order valence-corrected chi connectivity index (χ4v) is 2.15. The van der Waals surface area contributed by atoms with E-state index < -0.39 is 43.2 Å². The molecule has 19 heavy (non-hydrogen) atoms. The standard InChI is InChI=1S/C11H17F3N2O3/c12-11(13,14)6-19-5-9(17)16-8-4-2-1-3-7(8)10(15)18/h7-8H,1-6H2,(H2,15,18)(H,16,17)/t7-,8-/m0/s1. The van der Waals surface area contributed by atoms with Crippen LogP contribution in [0, 0.1) is 5.92 Å². The number of primary amides is 1. The van der Waals surface area contributed by atoms with E-state index in [-0.39, 0.29) is 0 Å². The first kappa shape index (κ1) is 15.7. The van der Waals surface area contributed by atoms with E-state index in [0.717, 1.165) is 12.8 Å². The molecular weight excluding hydrogens is 265 g/mol. The molecule has 1 aliphatic carbocycles. The lowest BCUT2D eigenvalue weighted by Crippen LogP contribution is -2.48. The highest BCUT2D eigenvalue weighted by atomic mass is 19.4. The highest BCUT2D eigenvalue weighted by molar-refractivity contribution is 5.81. The quantitative estimate of drug-likeness (QED) is 0.779. The molecule has 3 N–H and O–H groups in total. The van der Waals surface area contributed by atoms with Crippen molar-refractivity contribution in [2.75, 3.05) is 13.2 Å². The average Bonchev–Trinajstić information content (AvgIpc) is 2.27. The molecule has 0 unspecified atom stereocenters. The van der Waals surface area contributed by atoms with Crippen molar-refractivity contribution in [1.29, 1.82) is 0 Å². The van der Waals surface area contributed by atoms with Gasteiger partial charge in [0.05, 0.1) is 5.92 Å². The summed E-state index contributed by atoms with van der Waals surface area (Å²) in [4.78, 5) is 22.6. The molecule has 1 aliphatic rings. The van der Waals surface area contributed by atoms with Gasteiger partial charge in [-0.2, -0.15) is 13.2 Å². The molecule has 0 aromatic heterocycles. The van der Waals surface area contributed by atoms with E-state index in [1.807, 2.05) is 0 Å². The molecule has 1 rings (SSSR count). The molecule has 0 saturated heterocycles. The zero-order chi connectivity index (χ0) is 14.5. The van der Waals surface area contributed by atoms with Crippen LogP contribution < -0.4 is 11.1 Å². The summed E-state index contributed by atoms with van der Waals surface area (Å²) < 4.78 is 39.7. The van der Waals surface area contributed by atoms with Gasteiger partial charge in [-0.3, -0.25) is 9.59 Å². The van der Waals surface area contributed by atoms with Gasteiger partial charge in [-0.1, -0.05) is 12.8 Å². The number of nitrogens with two attached hydrogens (primary N) is 1. The van der Waals surface area contributed by atoms with Gasteiger partial charge in [0, 0.05) is 6.04 Å². The van der Waals surface area contributed by atoms with Crippen molar-refractivity contribution in [3.63, 3.8) is 0 Å². The number of alkyl halides is 3. The van der Waals surface area contributed by atoms with Gasteiger partial charge < -0.3 is 15.8 Å². The molecule has 0 bridgehead atoms. The van der Waals surface area contributed by atoms with Crippen LogP contribution in [0.1, 0.15) is 25.7 Å². The lowest BCUT2D eigenvalue weighted by molar-refractivity contribution is -0.175. The zero-order valence-electron chi connectivity index (χ0n) is 10.3. The van der Waals surface area contributed by atoms with Crippen molar-refractivity contribution in [3.05, 3.63) is 0 Å². The Bertz CT molecular complexity index is 334. The van der Waals surface area contributed by atoms with Crippen LogP contribution in [0.25, 0.3) is 0 Å². The smallest absolute Gasteiger partial charge is 0.369 e. The highest BCUT2D eigenvalue weighted by Gasteiger charge is 2.31. The van der Waals surface area contributed by atoms with E-state index >= 15 is 0 Å². The van der Waals surface area contributed by atoms with Gasteiger partial charge in [-0.25, -0.2) is 0 Å². The molecular formula is C11H17F3N2O3. The normalized spacial score (nSPS) is 23.9. The largest absolute Gasteiger partial charge is 0.411 e. The van der Waals surface area contributed by atoms with Gasteiger partial charge in [0.1, 0.15) is 13.2 Å². The Labute approximate surface area is 108 Å². The molecule has 2 atom stereocenters. The predicted octanol–water partition coefficient (Wildman–Crippen LogP) is 0.726. The summed E-state index contributed by atoms with van der Waals surface area (Å²) in [5.41, 5.74) is 5.22. The number of rotatable bonds is 5. The molecule has 2 amide bonds. The molecule has 8 heteroatoms. The van der Waals surface area contributed by atoms with E-state index in [2.05, 4.69) is 10.1 Å². The van der Waals surface area contributed by atoms with E-state index in [0.29, 0.717) is 12.8 Å². The fourth-order valence-electron chi connectivity index (χ4n) is 2.15. The van der Waals surface area contributed by atoms with Crippen LogP contribution in [0.2, 0.25) is 0 Å². The summed E-state index contributed by atoms with van der Waals surface area (Å²) in [6.45, 7) is -2.15. The minimum atomic E-state index is -4.46. The van der Waals surface area contributed by atoms with Gasteiger partial charge in [0.25, 0.3) is 0 Å². The van der Waals surface area contributed by atoms with Gasteiger partial charge in [0.15, 0.2) is 0 Å². The Morgan fingerprint density at radius 1 is 1.26 bits per heavy atom. The monoisotopic (exact) mass is 282 g/mol. The highest BCUT2D eigenvalue weighted by Crippen LogP contribution is 2.24. The Balaban J connectivity index is 2.36. The van der Waals surface area contributed by atoms with Crippen molar-refractivity contribution in [2.24, 2.45) is 11.7 Å². The maximum atomic E-state index is 11.8. The third-order valence-corrected chi connectivity index (χ3v) is 2.98. The van der Waals surface area contributed by atoms with Crippen LogP contribution in [0.3, 0.4) is 0 Å². The Kier molecular flexibility index (Phi) is 5.59. The van der Waals surface area contributed by atoms with Crippen LogP contribution in [-0.4, -0.2) is 37.2 Å². The zero-order valence-corrected chi connectivity index (χ0v) is 10.3. The van der Waals surface area contributed by atoms with Gasteiger partial charge >= 0.3 is 6.18 Å². The predicted molar refractivity (Wildman–Crippen MR) is 60.0 cm³/mol. The number of nitrogens with one attached hydrogen (secondary N) is 1. The molecule has 1 saturated carbocycles. The summed E-state index contributed by atoms with van der Waals surface area (Å²) in [6.07, 6.45) is -1.58. The molecule has 0 aromatic rings. The first-order valence-electron chi connectivity index (χ1n) is 6.03. The van der Waals surface area contributed by atoms with Crippen molar-refractivity contribution < 1.29 is 27.5 Å². The van der Waals surface area contributed by atoms with E-state index in [1.165, 1.54) is 0 Å². The number of ether oxygens (including phenoxy) is 1. The summed E-state index contributed by atoms with van der Waals surface area (Å²) >= 11 is 0. The number of hydrogen-bond donors (Lipinski definition) is 2. The molecule has 0 radical (unpaired) electrons. The molecule has 110 valence electrons. The maximum absolute atomic E-state index is 11.8. The summed E-state index contributed by atoms with van der Waals surface area (Å²) in [5.74, 6) is -1.62. The number of carbonyl (C=O) groups is 2. The van der Waals surface area contributed by atoms with E-state index in [9.17, 15) is 22.8 Å². The second-order valence-corrected chi connectivity index (χ2v) is 4.58. The minimum absolute atomic E-state index is 0.409. The molecule has 1 fully saturated rings. The SMILES string of the molecule is NC(=O)[C@H]1CCCC[C@@H]1NC(=O)COCC(F)(F)F. The van der Waals surface area contributed by atoms with Gasteiger partial charge in [0.2, 0.25) is 11.8 Å². The fraction of sp³-hybridized carbons (Fsp3) is 0.818. The topological polar surface area (TPSA) is 81.4 Å². The number of amides is 2. The Morgan fingerprint density at radius 2 is 1.89 bits per heavy atom. The first-order valence-corrected chi connectivity index (χ1v) is 6.03. The summed E-state index contributed by atoms with van der Waals surface area (Å²) in [5, 5.41) is 2.50. The number of hydrogen-bond acceptors (Lipinski definition) is 3. The Hall–Kier alpha value is -1.31. The van der Waals surface area contributed by atoms with Gasteiger partial charge in [-0.05, 0) is 12.8 Å². The molecule has 5 nitrogen and oxygen atoms in total. The second-order valence-electron chi connectivity index (χ2n) is 4.58. The van der Waals surface area contributed by atoms with Crippen LogP contribution in [0.15, 0.2) is 0 Å². The van der Waals surface area contributed by atoms with Crippen molar-refractivity contribution >= 4 is 11.8 Å². The third kappa shape index (κ3) is 5.91. The molecule has 0 aromatic carbocycles. The second kappa shape index (κ2) is 6.74. The summed E-state index contributed by atoms with van der Waals surface area (Å²) in [7, 11) is 0. The van der Waals surface area contributed by atoms with Crippen LogP contribution in [0.4, 0.5) is 13.2 Å². The molecule has 0 spiro atoms. The van der Waals surface area contributed by atoms with Crippen LogP contribution >= 0.6 is 0 Å². The van der Waals surface area contributed by atoms with Crippen molar-refractivity contribution in [2.45, 2.75) is 37.9 Å². The first-order chi connectivity index (χ1) is 8.79. The van der Waals surface area contributed by atoms with E-state index in [1.54, 1.807) is 0 Å². The molecule has 0 heterocycles. The van der Waals surface area contributed by atoms with E-state index in [4.69, 9.17) is 5.73 Å².